The highest BCUT2D eigenvalue weighted by molar-refractivity contribution is 9.10. The molecule has 0 spiro atoms. The molecule has 1 aromatic heterocycles. The molecule has 0 aliphatic heterocycles. The van der Waals surface area contributed by atoms with Gasteiger partial charge in [-0.05, 0) is 64.0 Å². The third-order valence-corrected chi connectivity index (χ3v) is 6.01. The topological polar surface area (TPSA) is 65.5 Å². The summed E-state index contributed by atoms with van der Waals surface area (Å²) in [5.41, 5.74) is -1.35. The molecule has 0 aliphatic rings. The largest absolute Gasteiger partial charge is 0.464 e. The van der Waals surface area contributed by atoms with Crippen LogP contribution in [-0.2, 0) is 19.1 Å². The number of hydrogen-bond donors (Lipinski definition) is 0. The molecule has 0 fully saturated rings. The van der Waals surface area contributed by atoms with Gasteiger partial charge in [0, 0.05) is 11.9 Å². The Balaban J connectivity index is 2.34. The van der Waals surface area contributed by atoms with Gasteiger partial charge in [-0.25, -0.2) is 4.98 Å². The lowest BCUT2D eigenvalue weighted by atomic mass is 9.88. The van der Waals surface area contributed by atoms with Gasteiger partial charge in [0.1, 0.15) is 22.1 Å². The summed E-state index contributed by atoms with van der Waals surface area (Å²) in [5, 5.41) is 0.920. The summed E-state index contributed by atoms with van der Waals surface area (Å²) in [6, 6.07) is 5.73. The summed E-state index contributed by atoms with van der Waals surface area (Å²) in [6.07, 6.45) is 2.05. The monoisotopic (exact) mass is 463 g/mol. The van der Waals surface area contributed by atoms with E-state index in [4.69, 9.17) is 9.47 Å². The minimum atomic E-state index is -0.788. The second-order valence-corrected chi connectivity index (χ2v) is 10.8. The summed E-state index contributed by atoms with van der Waals surface area (Å²) in [4.78, 5) is 28.0. The molecule has 0 saturated heterocycles. The molecule has 8 heteroatoms. The van der Waals surface area contributed by atoms with Crippen molar-refractivity contribution in [2.24, 2.45) is 5.41 Å². The van der Waals surface area contributed by atoms with Crippen LogP contribution in [0.2, 0.25) is 0 Å². The predicted octanol–water partition coefficient (Wildman–Crippen LogP) is 4.89. The Hall–Kier alpha value is -0.730. The number of aromatic nitrogens is 1. The van der Waals surface area contributed by atoms with E-state index in [0.29, 0.717) is 18.8 Å². The van der Waals surface area contributed by atoms with Gasteiger partial charge in [-0.1, -0.05) is 32.8 Å². The number of pyridine rings is 1. The molecular weight excluding hydrogens is 438 g/mol. The van der Waals surface area contributed by atoms with Crippen LogP contribution in [0.25, 0.3) is 0 Å². The maximum absolute atomic E-state index is 12.3. The van der Waals surface area contributed by atoms with Crippen molar-refractivity contribution in [3.05, 3.63) is 24.4 Å². The Labute approximate surface area is 171 Å². The fourth-order valence-corrected chi connectivity index (χ4v) is 4.45. The van der Waals surface area contributed by atoms with Gasteiger partial charge in [0.05, 0.1) is 5.41 Å². The van der Waals surface area contributed by atoms with E-state index in [1.807, 2.05) is 39.0 Å². The van der Waals surface area contributed by atoms with Crippen LogP contribution in [0.3, 0.4) is 0 Å². The molecule has 1 unspecified atom stereocenters. The van der Waals surface area contributed by atoms with E-state index in [2.05, 4.69) is 20.9 Å². The first kappa shape index (κ1) is 23.3. The molecule has 1 aromatic rings. The van der Waals surface area contributed by atoms with Gasteiger partial charge in [0.2, 0.25) is 0 Å². The zero-order valence-electron chi connectivity index (χ0n) is 15.8. The van der Waals surface area contributed by atoms with E-state index >= 15 is 0 Å². The van der Waals surface area contributed by atoms with Gasteiger partial charge in [-0.3, -0.25) is 9.59 Å². The highest BCUT2D eigenvalue weighted by Gasteiger charge is 2.35. The Morgan fingerprint density at radius 2 is 1.92 bits per heavy atom. The third kappa shape index (κ3) is 9.28. The molecule has 146 valence electrons. The zero-order valence-corrected chi connectivity index (χ0v) is 19.0. The molecule has 26 heavy (non-hydrogen) atoms. The first-order valence-electron chi connectivity index (χ1n) is 8.26. The number of alkyl halides is 1. The number of esters is 2. The standard InChI is InChI=1S/C18H26BrNO4S2/c1-17(2,3)24-15(21)13(19)12-18(4,5)16(22)23-10-11-25-26-14-8-6-7-9-20-14/h6-9,13H,10-12H2,1-5H3. The molecular formula is C18H26BrNO4S2. The minimum Gasteiger partial charge on any atom is -0.464 e. The van der Waals surface area contributed by atoms with Crippen molar-refractivity contribution in [3.8, 4) is 0 Å². The number of carbonyl (C=O) groups is 2. The summed E-state index contributed by atoms with van der Waals surface area (Å²) >= 11 is 3.32. The van der Waals surface area contributed by atoms with Gasteiger partial charge >= 0.3 is 11.9 Å². The second kappa shape index (κ2) is 10.6. The first-order valence-corrected chi connectivity index (χ1v) is 11.5. The third-order valence-electron chi connectivity index (χ3n) is 3.09. The predicted molar refractivity (Wildman–Crippen MR) is 110 cm³/mol. The fraction of sp³-hybridized carbons (Fsp3) is 0.611. The average Bonchev–Trinajstić information content (AvgIpc) is 2.53. The number of rotatable bonds is 9. The number of carbonyl (C=O) groups excluding carboxylic acids is 2. The number of hydrogen-bond acceptors (Lipinski definition) is 7. The Morgan fingerprint density at radius 3 is 2.50 bits per heavy atom. The van der Waals surface area contributed by atoms with Gasteiger partial charge in [0.25, 0.3) is 0 Å². The first-order chi connectivity index (χ1) is 12.0. The number of ether oxygens (including phenoxy) is 2. The van der Waals surface area contributed by atoms with Crippen molar-refractivity contribution in [2.45, 2.75) is 56.5 Å². The maximum atomic E-state index is 12.3. The van der Waals surface area contributed by atoms with Crippen LogP contribution >= 0.6 is 37.5 Å². The summed E-state index contributed by atoms with van der Waals surface area (Å²) < 4.78 is 10.7. The smallest absolute Gasteiger partial charge is 0.320 e. The Morgan fingerprint density at radius 1 is 1.23 bits per heavy atom. The molecule has 1 rings (SSSR count). The SMILES string of the molecule is CC(C)(C)OC(=O)C(Br)CC(C)(C)C(=O)OCCSSc1ccccn1. The van der Waals surface area contributed by atoms with Crippen LogP contribution in [-0.4, -0.2) is 39.7 Å². The van der Waals surface area contributed by atoms with E-state index < -0.39 is 15.8 Å². The van der Waals surface area contributed by atoms with E-state index in [9.17, 15) is 9.59 Å². The van der Waals surface area contributed by atoms with Gasteiger partial charge < -0.3 is 9.47 Å². The van der Waals surface area contributed by atoms with Crippen molar-refractivity contribution in [3.63, 3.8) is 0 Å². The average molecular weight is 464 g/mol. The molecule has 1 atom stereocenters. The molecule has 0 saturated carbocycles. The van der Waals surface area contributed by atoms with E-state index in [1.54, 1.807) is 41.6 Å². The molecule has 0 bridgehead atoms. The van der Waals surface area contributed by atoms with Crippen LogP contribution in [0, 0.1) is 5.41 Å². The summed E-state index contributed by atoms with van der Waals surface area (Å²) in [5.74, 6) is -0.0398. The van der Waals surface area contributed by atoms with Crippen LogP contribution in [0.1, 0.15) is 41.0 Å². The molecule has 5 nitrogen and oxygen atoms in total. The molecule has 0 aromatic carbocycles. The van der Waals surface area contributed by atoms with E-state index in [-0.39, 0.29) is 11.9 Å². The van der Waals surface area contributed by atoms with Crippen LogP contribution in [0.5, 0.6) is 0 Å². The van der Waals surface area contributed by atoms with Crippen molar-refractivity contribution in [1.82, 2.24) is 4.98 Å². The van der Waals surface area contributed by atoms with Crippen molar-refractivity contribution in [2.75, 3.05) is 12.4 Å². The van der Waals surface area contributed by atoms with Gasteiger partial charge in [-0.15, -0.1) is 0 Å². The van der Waals surface area contributed by atoms with Gasteiger partial charge in [-0.2, -0.15) is 0 Å². The molecule has 1 heterocycles. The lowest BCUT2D eigenvalue weighted by Crippen LogP contribution is -2.35. The highest BCUT2D eigenvalue weighted by Crippen LogP contribution is 2.31. The van der Waals surface area contributed by atoms with Gasteiger partial charge in [0.15, 0.2) is 0 Å². The Kier molecular flexibility index (Phi) is 9.47. The molecule has 0 aliphatic carbocycles. The quantitative estimate of drug-likeness (QED) is 0.223. The summed E-state index contributed by atoms with van der Waals surface area (Å²) in [7, 11) is 3.12. The highest BCUT2D eigenvalue weighted by atomic mass is 79.9. The summed E-state index contributed by atoms with van der Waals surface area (Å²) in [6.45, 7) is 9.28. The molecule has 0 amide bonds. The van der Waals surface area contributed by atoms with Crippen molar-refractivity contribution >= 4 is 49.5 Å². The number of halogens is 1. The lowest BCUT2D eigenvalue weighted by Gasteiger charge is -2.26. The van der Waals surface area contributed by atoms with Crippen LogP contribution in [0.15, 0.2) is 29.4 Å². The van der Waals surface area contributed by atoms with Crippen molar-refractivity contribution in [1.29, 1.82) is 0 Å². The van der Waals surface area contributed by atoms with Crippen LogP contribution in [0.4, 0.5) is 0 Å². The van der Waals surface area contributed by atoms with E-state index in [1.165, 1.54) is 0 Å². The number of nitrogens with zero attached hydrogens (tertiary/aromatic N) is 1. The minimum absolute atomic E-state index is 0.302. The fourth-order valence-electron chi connectivity index (χ4n) is 1.84. The Bertz CT molecular complexity index is 591. The normalized spacial score (nSPS) is 13.2. The lowest BCUT2D eigenvalue weighted by molar-refractivity contribution is -0.157. The van der Waals surface area contributed by atoms with E-state index in [0.717, 1.165) is 5.03 Å². The maximum Gasteiger partial charge on any atom is 0.320 e. The zero-order chi connectivity index (χ0) is 19.8. The van der Waals surface area contributed by atoms with Crippen molar-refractivity contribution < 1.29 is 19.1 Å². The second-order valence-electron chi connectivity index (χ2n) is 7.30. The molecule has 0 radical (unpaired) electrons. The molecule has 0 N–H and O–H groups in total. The van der Waals surface area contributed by atoms with Crippen LogP contribution < -0.4 is 0 Å².